The highest BCUT2D eigenvalue weighted by Gasteiger charge is 2.46. The second-order valence-electron chi connectivity index (χ2n) is 6.38. The van der Waals surface area contributed by atoms with E-state index >= 15 is 0 Å². The predicted molar refractivity (Wildman–Crippen MR) is 75.4 cm³/mol. The number of fused-ring (bicyclic) bond motifs is 1. The van der Waals surface area contributed by atoms with Crippen molar-refractivity contribution in [2.24, 2.45) is 0 Å². The van der Waals surface area contributed by atoms with Gasteiger partial charge in [-0.1, -0.05) is 11.6 Å². The van der Waals surface area contributed by atoms with Crippen LogP contribution in [0.25, 0.3) is 0 Å². The van der Waals surface area contributed by atoms with Crippen LogP contribution in [-0.4, -0.2) is 34.7 Å². The highest BCUT2D eigenvalue weighted by molar-refractivity contribution is 5.42. The second kappa shape index (κ2) is 4.50. The Bertz CT molecular complexity index is 478. The SMILES string of the molecule is Cc1ccc2c(c1)C(O)C(N1CCCC1)C(C)(C)O2. The predicted octanol–water partition coefficient (Wildman–Crippen LogP) is 2.66. The van der Waals surface area contributed by atoms with Crippen molar-refractivity contribution in [1.29, 1.82) is 0 Å². The quantitative estimate of drug-likeness (QED) is 0.843. The average molecular weight is 261 g/mol. The second-order valence-corrected chi connectivity index (χ2v) is 6.38. The Kier molecular flexibility index (Phi) is 3.06. The van der Waals surface area contributed by atoms with Crippen LogP contribution in [0, 0.1) is 6.92 Å². The van der Waals surface area contributed by atoms with Gasteiger partial charge in [-0.2, -0.15) is 0 Å². The number of benzene rings is 1. The summed E-state index contributed by atoms with van der Waals surface area (Å²) < 4.78 is 6.17. The molecular formula is C16H23NO2. The lowest BCUT2D eigenvalue weighted by atomic mass is 9.84. The third-order valence-corrected chi connectivity index (χ3v) is 4.40. The Morgan fingerprint density at radius 2 is 1.95 bits per heavy atom. The molecule has 0 spiro atoms. The van der Waals surface area contributed by atoms with Gasteiger partial charge < -0.3 is 9.84 Å². The molecule has 0 radical (unpaired) electrons. The Balaban J connectivity index is 2.01. The van der Waals surface area contributed by atoms with Gasteiger partial charge in [0.1, 0.15) is 17.5 Å². The average Bonchev–Trinajstić information content (AvgIpc) is 2.83. The molecule has 0 bridgehead atoms. The summed E-state index contributed by atoms with van der Waals surface area (Å²) in [5.41, 5.74) is 1.75. The maximum absolute atomic E-state index is 10.8. The fraction of sp³-hybridized carbons (Fsp3) is 0.625. The van der Waals surface area contributed by atoms with Crippen LogP contribution in [0.15, 0.2) is 18.2 Å². The third kappa shape index (κ3) is 2.15. The van der Waals surface area contributed by atoms with Gasteiger partial charge in [-0.25, -0.2) is 0 Å². The number of aliphatic hydroxyl groups is 1. The molecule has 2 aliphatic heterocycles. The minimum absolute atomic E-state index is 0.0456. The normalized spacial score (nSPS) is 29.9. The van der Waals surface area contributed by atoms with Crippen LogP contribution < -0.4 is 4.74 Å². The maximum atomic E-state index is 10.8. The van der Waals surface area contributed by atoms with Crippen molar-refractivity contribution < 1.29 is 9.84 Å². The smallest absolute Gasteiger partial charge is 0.126 e. The first kappa shape index (κ1) is 12.9. The van der Waals surface area contributed by atoms with Gasteiger partial charge in [-0.15, -0.1) is 0 Å². The first-order valence-corrected chi connectivity index (χ1v) is 7.21. The zero-order valence-corrected chi connectivity index (χ0v) is 12.0. The molecule has 0 saturated carbocycles. The Morgan fingerprint density at radius 3 is 2.63 bits per heavy atom. The molecule has 0 amide bonds. The van der Waals surface area contributed by atoms with Crippen LogP contribution in [0.3, 0.4) is 0 Å². The number of likely N-dealkylation sites (tertiary alicyclic amines) is 1. The number of nitrogens with zero attached hydrogens (tertiary/aromatic N) is 1. The minimum atomic E-state index is -0.461. The van der Waals surface area contributed by atoms with Gasteiger partial charge >= 0.3 is 0 Å². The molecule has 3 nitrogen and oxygen atoms in total. The highest BCUT2D eigenvalue weighted by Crippen LogP contribution is 2.43. The minimum Gasteiger partial charge on any atom is -0.486 e. The molecule has 3 heteroatoms. The molecule has 104 valence electrons. The molecule has 2 heterocycles. The van der Waals surface area contributed by atoms with Crippen LogP contribution in [0.5, 0.6) is 5.75 Å². The molecule has 3 rings (SSSR count). The molecule has 0 aliphatic carbocycles. The fourth-order valence-corrected chi connectivity index (χ4v) is 3.55. The molecule has 2 aliphatic rings. The van der Waals surface area contributed by atoms with Crippen LogP contribution in [-0.2, 0) is 0 Å². The van der Waals surface area contributed by atoms with Crippen molar-refractivity contribution in [3.05, 3.63) is 29.3 Å². The van der Waals surface area contributed by atoms with E-state index in [4.69, 9.17) is 4.74 Å². The molecule has 2 atom stereocenters. The molecule has 1 N–H and O–H groups in total. The van der Waals surface area contributed by atoms with E-state index in [9.17, 15) is 5.11 Å². The lowest BCUT2D eigenvalue weighted by Gasteiger charge is -2.47. The van der Waals surface area contributed by atoms with Gasteiger partial charge in [0, 0.05) is 5.56 Å². The summed E-state index contributed by atoms with van der Waals surface area (Å²) in [5, 5.41) is 10.8. The van der Waals surface area contributed by atoms with Crippen LogP contribution >= 0.6 is 0 Å². The molecular weight excluding hydrogens is 238 g/mol. The van der Waals surface area contributed by atoms with Crippen molar-refractivity contribution in [2.75, 3.05) is 13.1 Å². The van der Waals surface area contributed by atoms with Crippen LogP contribution in [0.4, 0.5) is 0 Å². The van der Waals surface area contributed by atoms with Gasteiger partial charge in [0.25, 0.3) is 0 Å². The van der Waals surface area contributed by atoms with E-state index in [1.165, 1.54) is 18.4 Å². The van der Waals surface area contributed by atoms with Gasteiger partial charge in [-0.3, -0.25) is 4.90 Å². The number of aliphatic hydroxyl groups excluding tert-OH is 1. The van der Waals surface area contributed by atoms with E-state index in [0.29, 0.717) is 0 Å². The molecule has 1 aromatic carbocycles. The summed E-state index contributed by atoms with van der Waals surface area (Å²) in [6.07, 6.45) is 1.98. The molecule has 1 aromatic rings. The van der Waals surface area contributed by atoms with Crippen LogP contribution in [0.2, 0.25) is 0 Å². The third-order valence-electron chi connectivity index (χ3n) is 4.40. The first-order valence-electron chi connectivity index (χ1n) is 7.21. The summed E-state index contributed by atoms with van der Waals surface area (Å²) >= 11 is 0. The molecule has 19 heavy (non-hydrogen) atoms. The lowest BCUT2D eigenvalue weighted by molar-refractivity contribution is -0.0758. The fourth-order valence-electron chi connectivity index (χ4n) is 3.55. The molecule has 1 fully saturated rings. The summed E-state index contributed by atoms with van der Waals surface area (Å²) in [7, 11) is 0. The highest BCUT2D eigenvalue weighted by atomic mass is 16.5. The van der Waals surface area contributed by atoms with E-state index in [2.05, 4.69) is 31.7 Å². The zero-order valence-electron chi connectivity index (χ0n) is 12.0. The van der Waals surface area contributed by atoms with Crippen molar-refractivity contribution in [3.8, 4) is 5.75 Å². The number of hydrogen-bond donors (Lipinski definition) is 1. The maximum Gasteiger partial charge on any atom is 0.126 e. The van der Waals surface area contributed by atoms with E-state index in [0.717, 1.165) is 24.4 Å². The van der Waals surface area contributed by atoms with Gasteiger partial charge in [0.15, 0.2) is 0 Å². The van der Waals surface area contributed by atoms with Crippen LogP contribution in [0.1, 0.15) is 43.9 Å². The topological polar surface area (TPSA) is 32.7 Å². The summed E-state index contributed by atoms with van der Waals surface area (Å²) in [6.45, 7) is 8.35. The van der Waals surface area contributed by atoms with Gasteiger partial charge in [0.05, 0.1) is 6.04 Å². The standard InChI is InChI=1S/C16H23NO2/c1-11-6-7-13-12(10-11)14(18)15(16(2,3)19-13)17-8-4-5-9-17/h6-7,10,14-15,18H,4-5,8-9H2,1-3H3. The largest absolute Gasteiger partial charge is 0.486 e. The van der Waals surface area contributed by atoms with Gasteiger partial charge in [-0.05, 0) is 58.8 Å². The summed E-state index contributed by atoms with van der Waals surface area (Å²) in [5.74, 6) is 0.832. The zero-order chi connectivity index (χ0) is 13.6. The molecule has 0 aromatic heterocycles. The van der Waals surface area contributed by atoms with Crippen molar-refractivity contribution in [1.82, 2.24) is 4.90 Å². The van der Waals surface area contributed by atoms with Gasteiger partial charge in [0.2, 0.25) is 0 Å². The lowest BCUT2D eigenvalue weighted by Crippen LogP contribution is -2.57. The van der Waals surface area contributed by atoms with E-state index in [1.54, 1.807) is 0 Å². The number of aryl methyl sites for hydroxylation is 1. The van der Waals surface area contributed by atoms with E-state index < -0.39 is 6.10 Å². The number of ether oxygens (including phenoxy) is 1. The molecule has 1 saturated heterocycles. The Hall–Kier alpha value is -1.06. The first-order chi connectivity index (χ1) is 8.99. The Labute approximate surface area is 115 Å². The van der Waals surface area contributed by atoms with Crippen molar-refractivity contribution >= 4 is 0 Å². The van der Waals surface area contributed by atoms with Crippen molar-refractivity contribution in [3.63, 3.8) is 0 Å². The van der Waals surface area contributed by atoms with E-state index in [1.807, 2.05) is 12.1 Å². The summed E-state index contributed by atoms with van der Waals surface area (Å²) in [4.78, 5) is 2.38. The Morgan fingerprint density at radius 1 is 1.26 bits per heavy atom. The summed E-state index contributed by atoms with van der Waals surface area (Å²) in [6, 6.07) is 6.12. The number of hydrogen-bond acceptors (Lipinski definition) is 3. The van der Waals surface area contributed by atoms with Crippen molar-refractivity contribution in [2.45, 2.75) is 51.4 Å². The number of rotatable bonds is 1. The molecule has 2 unspecified atom stereocenters. The van der Waals surface area contributed by atoms with E-state index in [-0.39, 0.29) is 11.6 Å². The monoisotopic (exact) mass is 261 g/mol.